The van der Waals surface area contributed by atoms with E-state index in [-0.39, 0.29) is 18.1 Å². The molecule has 3 aromatic rings. The summed E-state index contributed by atoms with van der Waals surface area (Å²) in [5.74, 6) is 1.46. The van der Waals surface area contributed by atoms with E-state index in [0.29, 0.717) is 17.1 Å². The molecule has 4 nitrogen and oxygen atoms in total. The van der Waals surface area contributed by atoms with Crippen LogP contribution in [0.3, 0.4) is 0 Å². The Kier molecular flexibility index (Phi) is 6.02. The van der Waals surface area contributed by atoms with Gasteiger partial charge in [-0.05, 0) is 73.7 Å². The van der Waals surface area contributed by atoms with Gasteiger partial charge < -0.3 is 14.4 Å². The van der Waals surface area contributed by atoms with Gasteiger partial charge in [0.2, 0.25) is 0 Å². The van der Waals surface area contributed by atoms with Gasteiger partial charge in [-0.3, -0.25) is 4.79 Å². The molecule has 1 atom stereocenters. The van der Waals surface area contributed by atoms with Crippen molar-refractivity contribution in [3.05, 3.63) is 80.5 Å². The summed E-state index contributed by atoms with van der Waals surface area (Å²) in [5.41, 5.74) is 2.89. The first-order valence-corrected chi connectivity index (χ1v) is 11.2. The lowest BCUT2D eigenvalue weighted by Gasteiger charge is -2.37. The number of benzene rings is 2. The molecule has 1 unspecified atom stereocenters. The van der Waals surface area contributed by atoms with E-state index in [9.17, 15) is 4.79 Å². The van der Waals surface area contributed by atoms with Crippen LogP contribution in [0.5, 0.6) is 11.5 Å². The lowest BCUT2D eigenvalue weighted by Crippen LogP contribution is -2.40. The molecule has 0 bridgehead atoms. The Hall–Kier alpha value is -2.50. The van der Waals surface area contributed by atoms with Crippen molar-refractivity contribution in [1.82, 2.24) is 4.90 Å². The van der Waals surface area contributed by atoms with Gasteiger partial charge in [-0.15, -0.1) is 11.3 Å². The van der Waals surface area contributed by atoms with E-state index in [1.807, 2.05) is 36.9 Å². The van der Waals surface area contributed by atoms with Crippen molar-refractivity contribution in [3.8, 4) is 11.5 Å². The molecule has 0 fully saturated rings. The van der Waals surface area contributed by atoms with Crippen LogP contribution >= 0.6 is 22.9 Å². The minimum atomic E-state index is -0.211. The highest BCUT2D eigenvalue weighted by molar-refractivity contribution is 7.10. The molecule has 0 radical (unpaired) electrons. The lowest BCUT2D eigenvalue weighted by molar-refractivity contribution is 0.0695. The molecule has 1 aliphatic heterocycles. The van der Waals surface area contributed by atoms with E-state index < -0.39 is 0 Å². The number of ether oxygens (including phenoxy) is 2. The zero-order valence-corrected chi connectivity index (χ0v) is 18.8. The van der Waals surface area contributed by atoms with E-state index in [0.717, 1.165) is 23.5 Å². The van der Waals surface area contributed by atoms with Crippen LogP contribution in [0.15, 0.2) is 53.9 Å². The summed E-state index contributed by atoms with van der Waals surface area (Å²) in [6.45, 7) is 4.64. The second-order valence-electron chi connectivity index (χ2n) is 7.54. The molecule has 0 aliphatic carbocycles. The molecular formula is C24H24ClNO3S. The zero-order valence-electron chi connectivity index (χ0n) is 17.2. The number of thiophene rings is 1. The maximum absolute atomic E-state index is 13.5. The third-order valence-corrected chi connectivity index (χ3v) is 6.46. The maximum Gasteiger partial charge on any atom is 0.254 e. The first kappa shape index (κ1) is 20.8. The van der Waals surface area contributed by atoms with Gasteiger partial charge in [0.1, 0.15) is 11.5 Å². The summed E-state index contributed by atoms with van der Waals surface area (Å²) in [7, 11) is 1.64. The van der Waals surface area contributed by atoms with Crippen molar-refractivity contribution in [2.24, 2.45) is 0 Å². The van der Waals surface area contributed by atoms with Gasteiger partial charge in [0.25, 0.3) is 5.91 Å². The lowest BCUT2D eigenvalue weighted by atomic mass is 9.93. The van der Waals surface area contributed by atoms with Crippen LogP contribution in [0, 0.1) is 0 Å². The van der Waals surface area contributed by atoms with Crippen molar-refractivity contribution >= 4 is 28.8 Å². The van der Waals surface area contributed by atoms with Gasteiger partial charge in [-0.2, -0.15) is 0 Å². The maximum atomic E-state index is 13.5. The number of methoxy groups -OCH3 is 1. The Bertz CT molecular complexity index is 1040. The Morgan fingerprint density at radius 2 is 1.93 bits per heavy atom. The molecule has 1 aromatic heterocycles. The summed E-state index contributed by atoms with van der Waals surface area (Å²) in [6, 6.07) is 14.9. The molecule has 4 rings (SSSR count). The van der Waals surface area contributed by atoms with Gasteiger partial charge in [-0.1, -0.05) is 11.6 Å². The molecule has 0 N–H and O–H groups in total. The van der Waals surface area contributed by atoms with Crippen LogP contribution in [0.4, 0.5) is 0 Å². The molecule has 30 heavy (non-hydrogen) atoms. The highest BCUT2D eigenvalue weighted by Gasteiger charge is 2.35. The molecule has 2 heterocycles. The third kappa shape index (κ3) is 4.05. The van der Waals surface area contributed by atoms with Crippen LogP contribution in [0.25, 0.3) is 0 Å². The molecule has 6 heteroatoms. The molecule has 0 saturated heterocycles. The number of fused-ring (bicyclic) bond motifs is 1. The minimum absolute atomic E-state index is 0.00247. The van der Waals surface area contributed by atoms with Gasteiger partial charge in [0, 0.05) is 33.6 Å². The van der Waals surface area contributed by atoms with Crippen LogP contribution < -0.4 is 9.47 Å². The Morgan fingerprint density at radius 3 is 2.63 bits per heavy atom. The topological polar surface area (TPSA) is 38.8 Å². The number of carbonyl (C=O) groups is 1. The average molecular weight is 442 g/mol. The SMILES string of the molecule is COc1ccc(C2c3sccc3CCN2C(=O)c2ccc(Cl)cc2)c(OC(C)C)c1. The zero-order chi connectivity index (χ0) is 21.3. The quantitative estimate of drug-likeness (QED) is 0.488. The predicted molar refractivity (Wildman–Crippen MR) is 121 cm³/mol. The third-order valence-electron chi connectivity index (χ3n) is 5.19. The number of halogens is 1. The fourth-order valence-corrected chi connectivity index (χ4v) is 5.02. The Labute approximate surface area is 186 Å². The van der Waals surface area contributed by atoms with Gasteiger partial charge in [-0.25, -0.2) is 0 Å². The summed E-state index contributed by atoms with van der Waals surface area (Å²) in [5, 5.41) is 2.71. The standard InChI is InChI=1S/C24H24ClNO3S/c1-15(2)29-21-14-19(28-3)8-9-20(21)22-23-16(11-13-30-23)10-12-26(22)24(27)17-4-6-18(25)7-5-17/h4-9,11,13-15,22H,10,12H2,1-3H3. The molecule has 2 aromatic carbocycles. The van der Waals surface area contributed by atoms with Gasteiger partial charge in [0.05, 0.1) is 19.3 Å². The van der Waals surface area contributed by atoms with E-state index >= 15 is 0 Å². The monoisotopic (exact) mass is 441 g/mol. The number of amides is 1. The Morgan fingerprint density at radius 1 is 1.17 bits per heavy atom. The summed E-state index contributed by atoms with van der Waals surface area (Å²) >= 11 is 7.71. The fraction of sp³-hybridized carbons (Fsp3) is 0.292. The van der Waals surface area contributed by atoms with Gasteiger partial charge >= 0.3 is 0 Å². The van der Waals surface area contributed by atoms with Crippen LogP contribution in [-0.4, -0.2) is 30.6 Å². The van der Waals surface area contributed by atoms with E-state index in [4.69, 9.17) is 21.1 Å². The highest BCUT2D eigenvalue weighted by Crippen LogP contribution is 2.43. The van der Waals surface area contributed by atoms with Crippen molar-refractivity contribution in [2.45, 2.75) is 32.4 Å². The van der Waals surface area contributed by atoms with Crippen molar-refractivity contribution in [1.29, 1.82) is 0 Å². The van der Waals surface area contributed by atoms with Crippen LogP contribution in [-0.2, 0) is 6.42 Å². The molecular weight excluding hydrogens is 418 g/mol. The second-order valence-corrected chi connectivity index (χ2v) is 8.92. The predicted octanol–water partition coefficient (Wildman–Crippen LogP) is 5.99. The smallest absolute Gasteiger partial charge is 0.254 e. The molecule has 0 saturated carbocycles. The largest absolute Gasteiger partial charge is 0.497 e. The molecule has 1 aliphatic rings. The first-order chi connectivity index (χ1) is 14.5. The van der Waals surface area contributed by atoms with E-state index in [1.165, 1.54) is 10.4 Å². The van der Waals surface area contributed by atoms with Crippen molar-refractivity contribution in [2.75, 3.05) is 13.7 Å². The van der Waals surface area contributed by atoms with Crippen molar-refractivity contribution < 1.29 is 14.3 Å². The second kappa shape index (κ2) is 8.70. The van der Waals surface area contributed by atoms with E-state index in [1.54, 1.807) is 42.7 Å². The van der Waals surface area contributed by atoms with Gasteiger partial charge in [0.15, 0.2) is 0 Å². The van der Waals surface area contributed by atoms with Crippen LogP contribution in [0.2, 0.25) is 5.02 Å². The number of rotatable bonds is 5. The minimum Gasteiger partial charge on any atom is -0.497 e. The summed E-state index contributed by atoms with van der Waals surface area (Å²) in [6.07, 6.45) is 0.841. The van der Waals surface area contributed by atoms with E-state index in [2.05, 4.69) is 11.4 Å². The summed E-state index contributed by atoms with van der Waals surface area (Å²) < 4.78 is 11.6. The average Bonchev–Trinajstić information content (AvgIpc) is 3.22. The first-order valence-electron chi connectivity index (χ1n) is 9.95. The molecule has 156 valence electrons. The number of hydrogen-bond donors (Lipinski definition) is 0. The normalized spacial score (nSPS) is 15.8. The number of carbonyl (C=O) groups excluding carboxylic acids is 1. The van der Waals surface area contributed by atoms with Crippen LogP contribution in [0.1, 0.15) is 46.3 Å². The fourth-order valence-electron chi connectivity index (χ4n) is 3.82. The highest BCUT2D eigenvalue weighted by atomic mass is 35.5. The molecule has 1 amide bonds. The number of nitrogens with zero attached hydrogens (tertiary/aromatic N) is 1. The van der Waals surface area contributed by atoms with Crippen molar-refractivity contribution in [3.63, 3.8) is 0 Å². The molecule has 0 spiro atoms. The number of hydrogen-bond acceptors (Lipinski definition) is 4. The summed E-state index contributed by atoms with van der Waals surface area (Å²) in [4.78, 5) is 16.6. The Balaban J connectivity index is 1.81.